The Morgan fingerprint density at radius 3 is 1.94 bits per heavy atom. The molecule has 0 fully saturated rings. The summed E-state index contributed by atoms with van der Waals surface area (Å²) in [7, 11) is 1.01. The van der Waals surface area contributed by atoms with Crippen LogP contribution in [0.2, 0.25) is 18.1 Å². The standard InChI is InChI=1S/C22H44O7S2Si/c1-8-27-19(24)22(20(25)28-9-2,17-29-32(6,7)21(3,4)5)16-26-18-31-30-15-13-11-10-12-14-23/h23H,8-18H2,1-7H3. The maximum Gasteiger partial charge on any atom is 0.328 e. The summed E-state index contributed by atoms with van der Waals surface area (Å²) in [5.74, 6) is -0.0195. The summed E-state index contributed by atoms with van der Waals surface area (Å²) in [6.07, 6.45) is 4.05. The Hall–Kier alpha value is -0.263. The molecule has 0 aliphatic rings. The van der Waals surface area contributed by atoms with Crippen LogP contribution in [0.3, 0.4) is 0 Å². The van der Waals surface area contributed by atoms with Crippen LogP contribution in [0.4, 0.5) is 0 Å². The highest BCUT2D eigenvalue weighted by Crippen LogP contribution is 2.38. The van der Waals surface area contributed by atoms with Gasteiger partial charge in [-0.3, -0.25) is 9.59 Å². The van der Waals surface area contributed by atoms with Gasteiger partial charge in [-0.2, -0.15) is 0 Å². The van der Waals surface area contributed by atoms with Gasteiger partial charge in [0.25, 0.3) is 0 Å². The molecule has 0 aliphatic carbocycles. The van der Waals surface area contributed by atoms with Crippen LogP contribution >= 0.6 is 21.6 Å². The van der Waals surface area contributed by atoms with Crippen LogP contribution in [0, 0.1) is 5.41 Å². The Morgan fingerprint density at radius 1 is 0.875 bits per heavy atom. The second-order valence-electron chi connectivity index (χ2n) is 9.12. The predicted molar refractivity (Wildman–Crippen MR) is 135 cm³/mol. The maximum atomic E-state index is 12.9. The normalized spacial score (nSPS) is 12.6. The number of carbonyl (C=O) groups excluding carboxylic acids is 2. The minimum Gasteiger partial charge on any atom is -0.465 e. The molecule has 10 heteroatoms. The Labute approximate surface area is 203 Å². The number of rotatable bonds is 18. The molecule has 0 rings (SSSR count). The Kier molecular flexibility index (Phi) is 16.2. The molecule has 0 heterocycles. The van der Waals surface area contributed by atoms with E-state index in [9.17, 15) is 9.59 Å². The quantitative estimate of drug-likeness (QED) is 0.0678. The molecule has 0 saturated carbocycles. The third-order valence-electron chi connectivity index (χ3n) is 5.52. The summed E-state index contributed by atoms with van der Waals surface area (Å²) in [5.41, 5.74) is -1.64. The van der Waals surface area contributed by atoms with Crippen molar-refractivity contribution in [3.63, 3.8) is 0 Å². The average Bonchev–Trinajstić information content (AvgIpc) is 2.71. The summed E-state index contributed by atoms with van der Waals surface area (Å²) >= 11 is 0. The molecule has 1 N–H and O–H groups in total. The summed E-state index contributed by atoms with van der Waals surface area (Å²) in [6.45, 7) is 14.1. The molecule has 0 radical (unpaired) electrons. The number of ether oxygens (including phenoxy) is 3. The molecule has 0 unspecified atom stereocenters. The molecule has 0 aromatic carbocycles. The third-order valence-corrected chi connectivity index (χ3v) is 12.2. The van der Waals surface area contributed by atoms with Gasteiger partial charge in [0.2, 0.25) is 5.41 Å². The van der Waals surface area contributed by atoms with Crippen LogP contribution in [0.5, 0.6) is 0 Å². The smallest absolute Gasteiger partial charge is 0.328 e. The molecular weight excluding hydrogens is 468 g/mol. The van der Waals surface area contributed by atoms with Crippen molar-refractivity contribution >= 4 is 41.8 Å². The molecule has 0 saturated heterocycles. The number of esters is 2. The van der Waals surface area contributed by atoms with Gasteiger partial charge in [0, 0.05) is 12.4 Å². The van der Waals surface area contributed by atoms with E-state index in [1.165, 1.54) is 0 Å². The predicted octanol–water partition coefficient (Wildman–Crippen LogP) is 5.03. The minimum atomic E-state index is -2.23. The SMILES string of the molecule is CCOC(=O)C(COCSSCCCCCCO)(CO[Si](C)(C)C(C)(C)C)C(=O)OCC. The van der Waals surface area contributed by atoms with Crippen molar-refractivity contribution in [1.29, 1.82) is 0 Å². The fourth-order valence-electron chi connectivity index (χ4n) is 2.39. The van der Waals surface area contributed by atoms with Crippen LogP contribution in [0.15, 0.2) is 0 Å². The lowest BCUT2D eigenvalue weighted by Crippen LogP contribution is -2.53. The molecular formula is C22H44O7S2Si. The lowest BCUT2D eigenvalue weighted by molar-refractivity contribution is -0.179. The molecule has 0 aliphatic heterocycles. The van der Waals surface area contributed by atoms with E-state index in [0.717, 1.165) is 31.4 Å². The van der Waals surface area contributed by atoms with Crippen molar-refractivity contribution in [3.05, 3.63) is 0 Å². The first-order chi connectivity index (χ1) is 15.0. The molecule has 190 valence electrons. The van der Waals surface area contributed by atoms with Gasteiger partial charge in [-0.1, -0.05) is 55.2 Å². The molecule has 7 nitrogen and oxygen atoms in total. The first kappa shape index (κ1) is 31.7. The van der Waals surface area contributed by atoms with Crippen molar-refractivity contribution in [2.24, 2.45) is 5.41 Å². The Balaban J connectivity index is 5.08. The first-order valence-electron chi connectivity index (χ1n) is 11.4. The van der Waals surface area contributed by atoms with Crippen molar-refractivity contribution in [2.45, 2.75) is 78.4 Å². The van der Waals surface area contributed by atoms with Gasteiger partial charge < -0.3 is 23.7 Å². The van der Waals surface area contributed by atoms with Crippen LogP contribution < -0.4 is 0 Å². The summed E-state index contributed by atoms with van der Waals surface area (Å²) in [5, 5.41) is 8.72. The van der Waals surface area contributed by atoms with Crippen LogP contribution in [0.1, 0.15) is 60.3 Å². The topological polar surface area (TPSA) is 91.3 Å². The number of hydrogen-bond acceptors (Lipinski definition) is 9. The first-order valence-corrected chi connectivity index (χ1v) is 16.8. The molecule has 32 heavy (non-hydrogen) atoms. The highest BCUT2D eigenvalue weighted by atomic mass is 33.1. The van der Waals surface area contributed by atoms with E-state index in [-0.39, 0.29) is 38.1 Å². The van der Waals surface area contributed by atoms with E-state index >= 15 is 0 Å². The lowest BCUT2D eigenvalue weighted by atomic mass is 9.90. The zero-order valence-electron chi connectivity index (χ0n) is 21.0. The van der Waals surface area contributed by atoms with Gasteiger partial charge in [0.15, 0.2) is 8.32 Å². The van der Waals surface area contributed by atoms with Crippen LogP contribution in [-0.2, 0) is 28.2 Å². The summed E-state index contributed by atoms with van der Waals surface area (Å²) in [4.78, 5) is 25.9. The molecule has 0 spiro atoms. The fourth-order valence-corrected chi connectivity index (χ4v) is 5.20. The van der Waals surface area contributed by atoms with Gasteiger partial charge in [0.1, 0.15) is 5.94 Å². The number of unbranched alkanes of at least 4 members (excludes halogenated alkanes) is 3. The third kappa shape index (κ3) is 11.2. The van der Waals surface area contributed by atoms with E-state index in [0.29, 0.717) is 5.94 Å². The van der Waals surface area contributed by atoms with Gasteiger partial charge in [-0.25, -0.2) is 0 Å². The second kappa shape index (κ2) is 16.4. The summed E-state index contributed by atoms with van der Waals surface area (Å²) < 4.78 is 22.5. The maximum absolute atomic E-state index is 12.9. The number of aliphatic hydroxyl groups is 1. The van der Waals surface area contributed by atoms with Crippen molar-refractivity contribution < 1.29 is 33.3 Å². The van der Waals surface area contributed by atoms with E-state index in [2.05, 4.69) is 33.9 Å². The molecule has 0 aromatic heterocycles. The van der Waals surface area contributed by atoms with Crippen molar-refractivity contribution in [2.75, 3.05) is 44.7 Å². The largest absolute Gasteiger partial charge is 0.465 e. The van der Waals surface area contributed by atoms with Gasteiger partial charge in [0.05, 0.1) is 26.4 Å². The lowest BCUT2D eigenvalue weighted by Gasteiger charge is -2.39. The van der Waals surface area contributed by atoms with E-state index < -0.39 is 25.7 Å². The van der Waals surface area contributed by atoms with E-state index in [1.807, 2.05) is 0 Å². The monoisotopic (exact) mass is 512 g/mol. The highest BCUT2D eigenvalue weighted by molar-refractivity contribution is 8.76. The molecule has 0 atom stereocenters. The fraction of sp³-hybridized carbons (Fsp3) is 0.909. The highest BCUT2D eigenvalue weighted by Gasteiger charge is 2.52. The number of carbonyl (C=O) groups is 2. The molecule has 0 bridgehead atoms. The van der Waals surface area contributed by atoms with Gasteiger partial charge >= 0.3 is 11.9 Å². The second-order valence-corrected chi connectivity index (χ2v) is 16.5. The molecule has 0 aromatic rings. The average molecular weight is 513 g/mol. The Bertz CT molecular complexity index is 521. The Morgan fingerprint density at radius 2 is 1.44 bits per heavy atom. The van der Waals surface area contributed by atoms with E-state index in [4.69, 9.17) is 23.7 Å². The zero-order chi connectivity index (χ0) is 24.7. The summed E-state index contributed by atoms with van der Waals surface area (Å²) in [6, 6.07) is 0. The van der Waals surface area contributed by atoms with Gasteiger partial charge in [-0.15, -0.1) is 0 Å². The van der Waals surface area contributed by atoms with Crippen LogP contribution in [0.25, 0.3) is 0 Å². The number of aliphatic hydroxyl groups excluding tert-OH is 1. The number of hydrogen-bond donors (Lipinski definition) is 1. The molecule has 0 amide bonds. The van der Waals surface area contributed by atoms with Gasteiger partial charge in [-0.05, 0) is 44.8 Å². The van der Waals surface area contributed by atoms with E-state index in [1.54, 1.807) is 35.4 Å². The zero-order valence-corrected chi connectivity index (χ0v) is 23.6. The minimum absolute atomic E-state index is 0.0768. The van der Waals surface area contributed by atoms with Crippen LogP contribution in [-0.4, -0.2) is 70.1 Å². The van der Waals surface area contributed by atoms with Crippen molar-refractivity contribution in [1.82, 2.24) is 0 Å². The van der Waals surface area contributed by atoms with Crippen molar-refractivity contribution in [3.8, 4) is 0 Å².